The first kappa shape index (κ1) is 29.4. The molecule has 0 N–H and O–H groups in total. The van der Waals surface area contributed by atoms with Gasteiger partial charge >= 0.3 is 5.97 Å². The van der Waals surface area contributed by atoms with Crippen LogP contribution in [0.2, 0.25) is 0 Å². The minimum absolute atomic E-state index is 0.0302. The Morgan fingerprint density at radius 3 is 2.51 bits per heavy atom. The number of carbonyl (C=O) groups is 1. The number of para-hydroxylation sites is 1. The fraction of sp³-hybridized carbons (Fsp3) is 0.194. The summed E-state index contributed by atoms with van der Waals surface area (Å²) in [6.45, 7) is 3.58. The van der Waals surface area contributed by atoms with Gasteiger partial charge in [-0.1, -0.05) is 35.6 Å². The topological polar surface area (TPSA) is 122 Å². The molecule has 0 bridgehead atoms. The van der Waals surface area contributed by atoms with Gasteiger partial charge in [0.25, 0.3) is 11.2 Å². The van der Waals surface area contributed by atoms with E-state index in [1.807, 2.05) is 0 Å². The van der Waals surface area contributed by atoms with Crippen LogP contribution in [-0.2, 0) is 16.1 Å². The molecule has 12 heteroatoms. The molecule has 0 saturated carbocycles. The van der Waals surface area contributed by atoms with Gasteiger partial charge < -0.3 is 14.2 Å². The van der Waals surface area contributed by atoms with Crippen LogP contribution in [0.5, 0.6) is 11.5 Å². The first-order chi connectivity index (χ1) is 20.7. The van der Waals surface area contributed by atoms with Gasteiger partial charge in [0.1, 0.15) is 12.4 Å². The van der Waals surface area contributed by atoms with E-state index < -0.39 is 28.3 Å². The molecule has 0 amide bonds. The predicted molar refractivity (Wildman–Crippen MR) is 157 cm³/mol. The number of hydrogen-bond acceptors (Lipinski definition) is 9. The van der Waals surface area contributed by atoms with Crippen LogP contribution in [-0.4, -0.2) is 29.2 Å². The molecule has 0 spiro atoms. The number of non-ortho nitro benzene ring substituents is 1. The van der Waals surface area contributed by atoms with E-state index in [9.17, 15) is 24.1 Å². The molecule has 3 aromatic carbocycles. The van der Waals surface area contributed by atoms with E-state index in [1.54, 1.807) is 50.3 Å². The molecule has 0 fully saturated rings. The molecule has 5 rings (SSSR count). The average molecular weight is 604 g/mol. The van der Waals surface area contributed by atoms with Gasteiger partial charge in [0.15, 0.2) is 16.3 Å². The van der Waals surface area contributed by atoms with Gasteiger partial charge in [-0.2, -0.15) is 0 Å². The lowest BCUT2D eigenvalue weighted by molar-refractivity contribution is -0.384. The van der Waals surface area contributed by atoms with Gasteiger partial charge in [-0.05, 0) is 61.4 Å². The summed E-state index contributed by atoms with van der Waals surface area (Å²) in [4.78, 5) is 42.4. The fourth-order valence-electron chi connectivity index (χ4n) is 4.72. The Kier molecular flexibility index (Phi) is 8.48. The SMILES string of the molecule is CCOC(=O)C1=C(C)N=c2s/c(=C\c3cccc(OC)c3OCc3ccc([N+](=O)[O-])cc3)c(=O)n2[C@H]1c1ccc(F)cc1. The minimum Gasteiger partial charge on any atom is -0.493 e. The summed E-state index contributed by atoms with van der Waals surface area (Å²) in [5.74, 6) is -0.267. The number of ether oxygens (including phenoxy) is 3. The quantitative estimate of drug-likeness (QED) is 0.158. The van der Waals surface area contributed by atoms with Crippen molar-refractivity contribution in [2.45, 2.75) is 26.5 Å². The molecule has 0 saturated heterocycles. The number of nitrogens with zero attached hydrogens (tertiary/aromatic N) is 3. The molecule has 0 unspecified atom stereocenters. The number of methoxy groups -OCH3 is 1. The third-order valence-corrected chi connectivity index (χ3v) is 7.73. The van der Waals surface area contributed by atoms with Crippen LogP contribution >= 0.6 is 11.3 Å². The molecule has 10 nitrogen and oxygen atoms in total. The highest BCUT2D eigenvalue weighted by Crippen LogP contribution is 2.33. The second-order valence-electron chi connectivity index (χ2n) is 9.44. The maximum Gasteiger partial charge on any atom is 0.338 e. The van der Waals surface area contributed by atoms with Gasteiger partial charge in [0.05, 0.1) is 40.5 Å². The molecule has 43 heavy (non-hydrogen) atoms. The summed E-state index contributed by atoms with van der Waals surface area (Å²) in [5.41, 5.74) is 1.93. The maximum absolute atomic E-state index is 13.9. The van der Waals surface area contributed by atoms with Crippen molar-refractivity contribution in [3.05, 3.63) is 130 Å². The van der Waals surface area contributed by atoms with Gasteiger partial charge in [0.2, 0.25) is 0 Å². The Labute approximate surface area is 248 Å². The number of hydrogen-bond donors (Lipinski definition) is 0. The summed E-state index contributed by atoms with van der Waals surface area (Å²) >= 11 is 1.14. The largest absolute Gasteiger partial charge is 0.493 e. The zero-order valence-electron chi connectivity index (χ0n) is 23.4. The Bertz CT molecular complexity index is 1910. The molecule has 2 heterocycles. The van der Waals surface area contributed by atoms with Gasteiger partial charge in [0, 0.05) is 17.7 Å². The lowest BCUT2D eigenvalue weighted by atomic mass is 9.96. The van der Waals surface area contributed by atoms with Crippen LogP contribution in [0.25, 0.3) is 6.08 Å². The van der Waals surface area contributed by atoms with Gasteiger partial charge in [-0.15, -0.1) is 0 Å². The number of rotatable bonds is 9. The molecule has 1 aliphatic rings. The van der Waals surface area contributed by atoms with Gasteiger partial charge in [-0.3, -0.25) is 19.5 Å². The number of allylic oxidation sites excluding steroid dienone is 1. The molecule has 1 aromatic heterocycles. The molecule has 1 atom stereocenters. The highest BCUT2D eigenvalue weighted by Gasteiger charge is 2.33. The van der Waals surface area contributed by atoms with Crippen LogP contribution in [0, 0.1) is 15.9 Å². The molecule has 0 aliphatic carbocycles. The van der Waals surface area contributed by atoms with Crippen LogP contribution < -0.4 is 24.4 Å². The van der Waals surface area contributed by atoms with E-state index in [4.69, 9.17) is 14.2 Å². The second-order valence-corrected chi connectivity index (χ2v) is 10.5. The average Bonchev–Trinajstić information content (AvgIpc) is 3.30. The predicted octanol–water partition coefficient (Wildman–Crippen LogP) is 4.43. The van der Waals surface area contributed by atoms with Crippen LogP contribution in [0.1, 0.15) is 36.6 Å². The van der Waals surface area contributed by atoms with E-state index in [-0.39, 0.29) is 24.5 Å². The first-order valence-corrected chi connectivity index (χ1v) is 14.0. The summed E-state index contributed by atoms with van der Waals surface area (Å²) in [6.07, 6.45) is 1.66. The lowest BCUT2D eigenvalue weighted by Gasteiger charge is -2.24. The van der Waals surface area contributed by atoms with E-state index in [0.29, 0.717) is 43.2 Å². The number of nitro groups is 1. The van der Waals surface area contributed by atoms with Crippen LogP contribution in [0.15, 0.2) is 87.8 Å². The Hall–Kier alpha value is -5.10. The minimum atomic E-state index is -0.874. The molecular weight excluding hydrogens is 577 g/mol. The van der Waals surface area contributed by atoms with Crippen molar-refractivity contribution in [2.24, 2.45) is 4.99 Å². The van der Waals surface area contributed by atoms with Crippen molar-refractivity contribution in [2.75, 3.05) is 13.7 Å². The van der Waals surface area contributed by atoms with Crippen molar-refractivity contribution in [1.82, 2.24) is 4.57 Å². The third kappa shape index (κ3) is 5.95. The van der Waals surface area contributed by atoms with E-state index in [0.717, 1.165) is 11.3 Å². The fourth-order valence-corrected chi connectivity index (χ4v) is 5.76. The first-order valence-electron chi connectivity index (χ1n) is 13.2. The molecule has 220 valence electrons. The standard InChI is InChI=1S/C31H26FN3O7S/c1-4-41-30(37)26-18(2)33-31-34(27(26)20-10-12-22(32)13-11-20)29(36)25(43-31)16-21-6-5-7-24(40-3)28(21)42-17-19-8-14-23(15-9-19)35(38)39/h5-16,27H,4,17H2,1-3H3/b25-16-/t27-/m0/s1. The number of esters is 1. The van der Waals surface area contributed by atoms with Gasteiger partial charge in [-0.25, -0.2) is 14.2 Å². The lowest BCUT2D eigenvalue weighted by Crippen LogP contribution is -2.39. The van der Waals surface area contributed by atoms with Crippen molar-refractivity contribution < 1.29 is 28.3 Å². The van der Waals surface area contributed by atoms with Crippen molar-refractivity contribution >= 4 is 29.1 Å². The van der Waals surface area contributed by atoms with Crippen LogP contribution in [0.4, 0.5) is 10.1 Å². The Balaban J connectivity index is 1.60. The summed E-state index contributed by atoms with van der Waals surface area (Å²) < 4.78 is 32.4. The number of nitro benzene ring substituents is 1. The van der Waals surface area contributed by atoms with Crippen LogP contribution in [0.3, 0.4) is 0 Å². The molecule has 0 radical (unpaired) electrons. The summed E-state index contributed by atoms with van der Waals surface area (Å²) in [7, 11) is 1.49. The third-order valence-electron chi connectivity index (χ3n) is 6.75. The van der Waals surface area contributed by atoms with E-state index >= 15 is 0 Å². The Morgan fingerprint density at radius 1 is 1.14 bits per heavy atom. The number of aromatic nitrogens is 1. The van der Waals surface area contributed by atoms with E-state index in [1.165, 1.54) is 48.1 Å². The van der Waals surface area contributed by atoms with Crippen molar-refractivity contribution in [3.8, 4) is 11.5 Å². The zero-order valence-corrected chi connectivity index (χ0v) is 24.2. The van der Waals surface area contributed by atoms with Crippen molar-refractivity contribution in [1.29, 1.82) is 0 Å². The molecule has 4 aromatic rings. The highest BCUT2D eigenvalue weighted by atomic mass is 32.1. The smallest absolute Gasteiger partial charge is 0.338 e. The maximum atomic E-state index is 13.9. The zero-order chi connectivity index (χ0) is 30.7. The van der Waals surface area contributed by atoms with Crippen molar-refractivity contribution in [3.63, 3.8) is 0 Å². The number of thiazole rings is 1. The second kappa shape index (κ2) is 12.4. The van der Waals surface area contributed by atoms with E-state index in [2.05, 4.69) is 4.99 Å². The Morgan fingerprint density at radius 2 is 1.86 bits per heavy atom. The number of carbonyl (C=O) groups excluding carboxylic acids is 1. The monoisotopic (exact) mass is 603 g/mol. The number of benzene rings is 3. The molecule has 1 aliphatic heterocycles. The number of halogens is 1. The summed E-state index contributed by atoms with van der Waals surface area (Å²) in [5, 5.41) is 11.0. The normalized spacial score (nSPS) is 14.6. The number of fused-ring (bicyclic) bond motifs is 1. The summed E-state index contributed by atoms with van der Waals surface area (Å²) in [6, 6.07) is 16.0. The molecular formula is C31H26FN3O7S. The highest BCUT2D eigenvalue weighted by molar-refractivity contribution is 7.07.